The highest BCUT2D eigenvalue weighted by molar-refractivity contribution is 5.76. The number of aromatic nitrogens is 1. The Balaban J connectivity index is 1.58. The summed E-state index contributed by atoms with van der Waals surface area (Å²) in [5.74, 6) is -1.55. The van der Waals surface area contributed by atoms with Gasteiger partial charge in [-0.05, 0) is 37.1 Å². The van der Waals surface area contributed by atoms with Gasteiger partial charge in [-0.2, -0.15) is 0 Å². The number of amides is 1. The first-order valence-corrected chi connectivity index (χ1v) is 8.23. The van der Waals surface area contributed by atoms with Crippen LogP contribution in [-0.2, 0) is 17.8 Å². The molecule has 0 unspecified atom stereocenters. The molecule has 2 aromatic carbocycles. The fraction of sp³-hybridized carbons (Fsp3) is 0.200. The third-order valence-corrected chi connectivity index (χ3v) is 3.97. The molecular weight excluding hydrogens is 338 g/mol. The summed E-state index contributed by atoms with van der Waals surface area (Å²) < 4.78 is 31.4. The number of hydrogen-bond donors (Lipinski definition) is 1. The zero-order valence-corrected chi connectivity index (χ0v) is 14.3. The van der Waals surface area contributed by atoms with Crippen molar-refractivity contribution in [3.8, 4) is 11.3 Å². The smallest absolute Gasteiger partial charge is 0.220 e. The van der Waals surface area contributed by atoms with Gasteiger partial charge in [-0.3, -0.25) is 4.79 Å². The van der Waals surface area contributed by atoms with E-state index in [9.17, 15) is 13.6 Å². The van der Waals surface area contributed by atoms with E-state index in [1.54, 1.807) is 0 Å². The molecule has 0 spiro atoms. The lowest BCUT2D eigenvalue weighted by Gasteiger charge is -2.06. The van der Waals surface area contributed by atoms with Crippen LogP contribution in [0.3, 0.4) is 0 Å². The normalized spacial score (nSPS) is 10.7. The van der Waals surface area contributed by atoms with E-state index in [1.807, 2.05) is 31.2 Å². The summed E-state index contributed by atoms with van der Waals surface area (Å²) in [6.07, 6.45) is 2.21. The van der Waals surface area contributed by atoms with E-state index in [4.69, 9.17) is 4.52 Å². The molecule has 0 bridgehead atoms. The van der Waals surface area contributed by atoms with Crippen LogP contribution in [0.4, 0.5) is 8.78 Å². The molecule has 0 aliphatic carbocycles. The Morgan fingerprint density at radius 1 is 1.15 bits per heavy atom. The van der Waals surface area contributed by atoms with Gasteiger partial charge in [-0.1, -0.05) is 28.9 Å². The predicted octanol–water partition coefficient (Wildman–Crippen LogP) is 4.18. The second-order valence-electron chi connectivity index (χ2n) is 6.11. The monoisotopic (exact) mass is 356 g/mol. The van der Waals surface area contributed by atoms with Crippen LogP contribution in [0.1, 0.15) is 23.1 Å². The lowest BCUT2D eigenvalue weighted by Crippen LogP contribution is -2.23. The number of carbonyl (C=O) groups is 1. The van der Waals surface area contributed by atoms with Crippen LogP contribution in [0, 0.1) is 18.6 Å². The van der Waals surface area contributed by atoms with Crippen molar-refractivity contribution in [1.82, 2.24) is 10.5 Å². The first-order valence-electron chi connectivity index (χ1n) is 8.23. The summed E-state index contributed by atoms with van der Waals surface area (Å²) in [6.45, 7) is 2.06. The average Bonchev–Trinajstić information content (AvgIpc) is 3.06. The van der Waals surface area contributed by atoms with Crippen LogP contribution < -0.4 is 5.32 Å². The Kier molecular flexibility index (Phi) is 5.41. The highest BCUT2D eigenvalue weighted by Crippen LogP contribution is 2.24. The van der Waals surface area contributed by atoms with Gasteiger partial charge in [0.1, 0.15) is 23.6 Å². The summed E-state index contributed by atoms with van der Waals surface area (Å²) in [4.78, 5) is 12.0. The highest BCUT2D eigenvalue weighted by Gasteiger charge is 2.12. The minimum atomic E-state index is -0.665. The average molecular weight is 356 g/mol. The molecule has 1 N–H and O–H groups in total. The van der Waals surface area contributed by atoms with Gasteiger partial charge in [-0.15, -0.1) is 0 Å². The Morgan fingerprint density at radius 3 is 2.65 bits per heavy atom. The Morgan fingerprint density at radius 2 is 1.92 bits per heavy atom. The number of nitrogens with zero attached hydrogens (tertiary/aromatic N) is 1. The molecular formula is C20H18F2N2O2. The molecule has 1 heterocycles. The largest absolute Gasteiger partial charge is 0.364 e. The summed E-state index contributed by atoms with van der Waals surface area (Å²) in [5.41, 5.74) is 3.97. The molecule has 1 amide bonds. The molecule has 3 aromatic rings. The Labute approximate surface area is 149 Å². The van der Waals surface area contributed by atoms with Gasteiger partial charge in [-0.25, -0.2) is 8.78 Å². The van der Waals surface area contributed by atoms with Crippen molar-refractivity contribution in [2.24, 2.45) is 0 Å². The maximum absolute atomic E-state index is 13.2. The fourth-order valence-corrected chi connectivity index (χ4v) is 2.72. The van der Waals surface area contributed by atoms with Crippen LogP contribution >= 0.6 is 0 Å². The van der Waals surface area contributed by atoms with Crippen LogP contribution in [-0.4, -0.2) is 11.1 Å². The molecule has 0 atom stereocenters. The Bertz CT molecular complexity index is 901. The van der Waals surface area contributed by atoms with E-state index >= 15 is 0 Å². The number of nitrogens with one attached hydrogen (secondary N) is 1. The van der Waals surface area contributed by atoms with Gasteiger partial charge < -0.3 is 9.84 Å². The first kappa shape index (κ1) is 17.8. The predicted molar refractivity (Wildman–Crippen MR) is 93.2 cm³/mol. The van der Waals surface area contributed by atoms with E-state index in [-0.39, 0.29) is 18.9 Å². The van der Waals surface area contributed by atoms with Crippen molar-refractivity contribution in [3.63, 3.8) is 0 Å². The lowest BCUT2D eigenvalue weighted by molar-refractivity contribution is -0.121. The third kappa shape index (κ3) is 4.53. The van der Waals surface area contributed by atoms with Crippen molar-refractivity contribution in [1.29, 1.82) is 0 Å². The van der Waals surface area contributed by atoms with Crippen LogP contribution in [0.15, 0.2) is 53.3 Å². The number of aryl methyl sites for hydroxylation is 2. The van der Waals surface area contributed by atoms with E-state index in [2.05, 4.69) is 10.5 Å². The molecule has 26 heavy (non-hydrogen) atoms. The fourth-order valence-electron chi connectivity index (χ4n) is 2.72. The van der Waals surface area contributed by atoms with E-state index in [1.165, 1.54) is 18.4 Å². The quantitative estimate of drug-likeness (QED) is 0.721. The molecule has 134 valence electrons. The molecule has 0 saturated heterocycles. The van der Waals surface area contributed by atoms with Gasteiger partial charge in [0.25, 0.3) is 0 Å². The topological polar surface area (TPSA) is 55.1 Å². The number of hydrogen-bond acceptors (Lipinski definition) is 3. The standard InChI is InChI=1S/C20H18F2N2O2/c1-13-3-2-4-15(7-13)20-16(12-26-24-20)5-6-19(25)23-11-14-8-17(21)10-18(22)9-14/h2-4,7-10,12H,5-6,11H2,1H3,(H,23,25). The number of rotatable bonds is 6. The molecule has 0 aliphatic rings. The molecule has 6 heteroatoms. The highest BCUT2D eigenvalue weighted by atomic mass is 19.1. The maximum atomic E-state index is 13.2. The van der Waals surface area contributed by atoms with Crippen LogP contribution in [0.25, 0.3) is 11.3 Å². The van der Waals surface area contributed by atoms with E-state index in [0.29, 0.717) is 17.7 Å². The SMILES string of the molecule is Cc1cccc(-c2nocc2CCC(=O)NCc2cc(F)cc(F)c2)c1. The zero-order chi connectivity index (χ0) is 18.5. The number of carbonyl (C=O) groups excluding carboxylic acids is 1. The van der Waals surface area contributed by atoms with Crippen molar-refractivity contribution in [2.75, 3.05) is 0 Å². The zero-order valence-electron chi connectivity index (χ0n) is 14.3. The van der Waals surface area contributed by atoms with Crippen molar-refractivity contribution < 1.29 is 18.1 Å². The lowest BCUT2D eigenvalue weighted by atomic mass is 10.0. The summed E-state index contributed by atoms with van der Waals surface area (Å²) >= 11 is 0. The minimum Gasteiger partial charge on any atom is -0.364 e. The summed E-state index contributed by atoms with van der Waals surface area (Å²) in [7, 11) is 0. The molecule has 0 radical (unpaired) electrons. The minimum absolute atomic E-state index is 0.0713. The van der Waals surface area contributed by atoms with Gasteiger partial charge >= 0.3 is 0 Å². The van der Waals surface area contributed by atoms with E-state index < -0.39 is 11.6 Å². The molecule has 1 aromatic heterocycles. The Hall–Kier alpha value is -3.02. The molecule has 0 fully saturated rings. The summed E-state index contributed by atoms with van der Waals surface area (Å²) in [5, 5.41) is 6.69. The van der Waals surface area contributed by atoms with Crippen LogP contribution in [0.2, 0.25) is 0 Å². The molecule has 0 aliphatic heterocycles. The second kappa shape index (κ2) is 7.91. The molecule has 4 nitrogen and oxygen atoms in total. The van der Waals surface area contributed by atoms with E-state index in [0.717, 1.165) is 22.8 Å². The van der Waals surface area contributed by atoms with Gasteiger partial charge in [0, 0.05) is 30.2 Å². The van der Waals surface area contributed by atoms with Gasteiger partial charge in [0.05, 0.1) is 0 Å². The van der Waals surface area contributed by atoms with Crippen molar-refractivity contribution in [2.45, 2.75) is 26.3 Å². The first-order chi connectivity index (χ1) is 12.5. The van der Waals surface area contributed by atoms with Gasteiger partial charge in [0.15, 0.2) is 0 Å². The summed E-state index contributed by atoms with van der Waals surface area (Å²) in [6, 6.07) is 11.1. The molecule has 0 saturated carbocycles. The number of halogens is 2. The van der Waals surface area contributed by atoms with Crippen molar-refractivity contribution in [3.05, 3.63) is 77.1 Å². The molecule has 3 rings (SSSR count). The number of benzene rings is 2. The van der Waals surface area contributed by atoms with Crippen molar-refractivity contribution >= 4 is 5.91 Å². The second-order valence-corrected chi connectivity index (χ2v) is 6.11. The van der Waals surface area contributed by atoms with Crippen LogP contribution in [0.5, 0.6) is 0 Å². The van der Waals surface area contributed by atoms with Gasteiger partial charge in [0.2, 0.25) is 5.91 Å². The maximum Gasteiger partial charge on any atom is 0.220 e. The third-order valence-electron chi connectivity index (χ3n) is 3.97.